The van der Waals surface area contributed by atoms with Gasteiger partial charge in [-0.3, -0.25) is 4.57 Å². The number of rotatable bonds is 11. The lowest BCUT2D eigenvalue weighted by molar-refractivity contribution is 0.165. The highest BCUT2D eigenvalue weighted by Gasteiger charge is 2.55. The highest BCUT2D eigenvalue weighted by molar-refractivity contribution is 8.01. The van der Waals surface area contributed by atoms with E-state index in [0.717, 1.165) is 0 Å². The molecule has 2 N–H and O–H groups in total. The molecule has 1 fully saturated rings. The molecule has 0 amide bonds. The third-order valence-electron chi connectivity index (χ3n) is 10.2. The predicted octanol–water partition coefficient (Wildman–Crippen LogP) is 6.35. The fourth-order valence-electron chi connectivity index (χ4n) is 7.69. The highest BCUT2D eigenvalue weighted by Crippen LogP contribution is 2.52. The minimum atomic E-state index is -2.92. The molecule has 3 atom stereocenters. The molecule has 5 aromatic rings. The van der Waals surface area contributed by atoms with E-state index in [0.29, 0.717) is 13.2 Å². The van der Waals surface area contributed by atoms with Gasteiger partial charge in [-0.1, -0.05) is 163 Å². The Balaban J connectivity index is 1.42. The Bertz CT molecular complexity index is 1890. The monoisotopic (exact) mass is 737 g/mol. The first kappa shape index (κ1) is 37.0. The summed E-state index contributed by atoms with van der Waals surface area (Å²) in [5, 5.41) is 3.85. The maximum atomic E-state index is 14.9. The van der Waals surface area contributed by atoms with Crippen LogP contribution in [0.5, 0.6) is 0 Å². The Morgan fingerprint density at radius 2 is 1.06 bits per heavy atom. The molecule has 0 bridgehead atoms. The van der Waals surface area contributed by atoms with Crippen LogP contribution < -0.4 is 32.2 Å². The second-order valence-corrected chi connectivity index (χ2v) is 25.3. The molecule has 266 valence electrons. The van der Waals surface area contributed by atoms with E-state index >= 15 is 0 Å². The number of nitrogens with two attached hydrogens (primary N) is 1. The smallest absolute Gasteiger partial charge is 0.350 e. The van der Waals surface area contributed by atoms with Gasteiger partial charge >= 0.3 is 5.69 Å². The van der Waals surface area contributed by atoms with Crippen LogP contribution in [0.15, 0.2) is 132 Å². The van der Waals surface area contributed by atoms with Gasteiger partial charge in [-0.05, 0) is 30.8 Å². The van der Waals surface area contributed by atoms with Crippen LogP contribution in [0, 0.1) is 11.7 Å². The van der Waals surface area contributed by atoms with Gasteiger partial charge in [0.15, 0.2) is 11.6 Å². The minimum Gasteiger partial charge on any atom is -0.407 e. The Hall–Kier alpha value is -3.81. The van der Waals surface area contributed by atoms with Crippen molar-refractivity contribution in [3.63, 3.8) is 0 Å². The van der Waals surface area contributed by atoms with Gasteiger partial charge in [0.25, 0.3) is 16.6 Å². The SMILES string of the molecule is CC(C)(C)[Si](OC[C@H]1SC(n2cc(F)c(N)nc2=O)[C@@H]1CO[Si](c1ccccc1)(c1ccccc1)C(C)(C)C)(c1ccccc1)c1ccccc1. The molecule has 0 radical (unpaired) electrons. The van der Waals surface area contributed by atoms with Crippen molar-refractivity contribution in [3.8, 4) is 0 Å². The molecular formula is C41H48FN3O3SSi2. The van der Waals surface area contributed by atoms with Gasteiger partial charge in [0.2, 0.25) is 0 Å². The molecule has 0 spiro atoms. The molecule has 6 rings (SSSR count). The number of aromatic nitrogens is 2. The molecule has 1 aromatic heterocycles. The van der Waals surface area contributed by atoms with E-state index in [1.165, 1.54) is 31.5 Å². The van der Waals surface area contributed by atoms with Gasteiger partial charge in [-0.15, -0.1) is 11.8 Å². The zero-order chi connectivity index (χ0) is 36.4. The van der Waals surface area contributed by atoms with Crippen molar-refractivity contribution in [1.82, 2.24) is 9.55 Å². The third-order valence-corrected chi connectivity index (χ3v) is 21.9. The number of nitrogen functional groups attached to an aromatic ring is 1. The standard InChI is InChI=1S/C41H48FN3O3SSi2/c1-40(2,3)50(30-19-11-7-12-20-30,31-21-13-8-14-22-31)47-28-34-36(49-38(34)45-27-35(42)37(43)44-39(45)46)29-48-51(41(4,5)6,32-23-15-9-16-24-32)33-25-17-10-18-26-33/h7-27,34,36,38H,28-29H2,1-6H3,(H2,43,44,46)/t34-,36-,38?/m1/s1. The Kier molecular flexibility index (Phi) is 10.6. The van der Waals surface area contributed by atoms with Crippen molar-refractivity contribution < 1.29 is 13.2 Å². The van der Waals surface area contributed by atoms with Gasteiger partial charge in [0, 0.05) is 30.6 Å². The molecule has 1 aliphatic rings. The number of hydrogen-bond acceptors (Lipinski definition) is 6. The average molecular weight is 738 g/mol. The molecule has 0 aliphatic carbocycles. The summed E-state index contributed by atoms with van der Waals surface area (Å²) in [6, 6.07) is 42.2. The maximum absolute atomic E-state index is 14.9. The summed E-state index contributed by atoms with van der Waals surface area (Å²) in [5.41, 5.74) is 5.13. The van der Waals surface area contributed by atoms with Crippen molar-refractivity contribution in [2.75, 3.05) is 18.9 Å². The third kappa shape index (κ3) is 6.92. The summed E-state index contributed by atoms with van der Waals surface area (Å²) >= 11 is 1.60. The zero-order valence-corrected chi connectivity index (χ0v) is 33.1. The lowest BCUT2D eigenvalue weighted by Gasteiger charge is -2.50. The fraction of sp³-hybridized carbons (Fsp3) is 0.317. The van der Waals surface area contributed by atoms with Crippen LogP contribution in [0.2, 0.25) is 10.1 Å². The predicted molar refractivity (Wildman–Crippen MR) is 214 cm³/mol. The number of halogens is 1. The molecule has 1 saturated heterocycles. The summed E-state index contributed by atoms with van der Waals surface area (Å²) in [7, 11) is -5.77. The fourth-order valence-corrected chi connectivity index (χ4v) is 18.4. The van der Waals surface area contributed by atoms with E-state index in [1.54, 1.807) is 11.8 Å². The van der Waals surface area contributed by atoms with E-state index in [1.807, 2.05) is 24.3 Å². The van der Waals surface area contributed by atoms with Crippen LogP contribution in [0.3, 0.4) is 0 Å². The molecule has 51 heavy (non-hydrogen) atoms. The first-order valence-corrected chi connectivity index (χ1v) is 22.2. The van der Waals surface area contributed by atoms with E-state index in [9.17, 15) is 9.18 Å². The van der Waals surface area contributed by atoms with Crippen molar-refractivity contribution >= 4 is 55.0 Å². The summed E-state index contributed by atoms with van der Waals surface area (Å²) < 4.78 is 31.1. The molecule has 4 aromatic carbocycles. The molecule has 0 saturated carbocycles. The molecule has 1 aliphatic heterocycles. The van der Waals surface area contributed by atoms with E-state index in [4.69, 9.17) is 14.6 Å². The van der Waals surface area contributed by atoms with Gasteiger partial charge in [-0.25, -0.2) is 9.18 Å². The Morgan fingerprint density at radius 3 is 1.43 bits per heavy atom. The van der Waals surface area contributed by atoms with Gasteiger partial charge in [0.1, 0.15) is 0 Å². The normalized spacial score (nSPS) is 18.3. The van der Waals surface area contributed by atoms with Gasteiger partial charge < -0.3 is 14.6 Å². The second kappa shape index (κ2) is 14.7. The van der Waals surface area contributed by atoms with E-state index in [2.05, 4.69) is 144 Å². The van der Waals surface area contributed by atoms with Crippen molar-refractivity contribution in [2.24, 2.45) is 5.92 Å². The Labute approximate surface area is 307 Å². The first-order chi connectivity index (χ1) is 24.3. The van der Waals surface area contributed by atoms with Crippen LogP contribution in [0.25, 0.3) is 0 Å². The minimum absolute atomic E-state index is 0.0395. The van der Waals surface area contributed by atoms with Gasteiger partial charge in [0.05, 0.1) is 5.37 Å². The summed E-state index contributed by atoms with van der Waals surface area (Å²) in [4.78, 5) is 17.1. The van der Waals surface area contributed by atoms with Crippen LogP contribution in [-0.4, -0.2) is 44.6 Å². The molecule has 1 unspecified atom stereocenters. The van der Waals surface area contributed by atoms with E-state index < -0.39 is 39.3 Å². The number of nitrogens with zero attached hydrogens (tertiary/aromatic N) is 2. The van der Waals surface area contributed by atoms with Crippen LogP contribution in [-0.2, 0) is 8.85 Å². The topological polar surface area (TPSA) is 79.4 Å². The molecule has 6 nitrogen and oxygen atoms in total. The summed E-state index contributed by atoms with van der Waals surface area (Å²) in [5.74, 6) is -1.29. The highest BCUT2D eigenvalue weighted by atomic mass is 32.2. The average Bonchev–Trinajstić information content (AvgIpc) is 3.10. The van der Waals surface area contributed by atoms with Crippen LogP contribution in [0.1, 0.15) is 46.9 Å². The maximum Gasteiger partial charge on any atom is 0.350 e. The largest absolute Gasteiger partial charge is 0.407 e. The summed E-state index contributed by atoms with van der Waals surface area (Å²) in [6.07, 6.45) is 1.19. The number of anilines is 1. The number of benzene rings is 4. The van der Waals surface area contributed by atoms with Gasteiger partial charge in [-0.2, -0.15) is 4.98 Å². The first-order valence-electron chi connectivity index (χ1n) is 17.5. The van der Waals surface area contributed by atoms with Crippen LogP contribution >= 0.6 is 11.8 Å². The quantitative estimate of drug-likeness (QED) is 0.159. The summed E-state index contributed by atoms with van der Waals surface area (Å²) in [6.45, 7) is 14.3. The zero-order valence-electron chi connectivity index (χ0n) is 30.3. The second-order valence-electron chi connectivity index (χ2n) is 15.3. The molecule has 2 heterocycles. The van der Waals surface area contributed by atoms with Crippen molar-refractivity contribution in [1.29, 1.82) is 0 Å². The van der Waals surface area contributed by atoms with Crippen molar-refractivity contribution in [3.05, 3.63) is 144 Å². The lowest BCUT2D eigenvalue weighted by Crippen LogP contribution is -2.68. The lowest BCUT2D eigenvalue weighted by atomic mass is 10.0. The van der Waals surface area contributed by atoms with Crippen molar-refractivity contribution in [2.45, 2.75) is 62.2 Å². The number of thioether (sulfide) groups is 1. The van der Waals surface area contributed by atoms with Crippen LogP contribution in [0.4, 0.5) is 10.2 Å². The molecule has 10 heteroatoms. The van der Waals surface area contributed by atoms with E-state index in [-0.39, 0.29) is 21.2 Å². The molecular weight excluding hydrogens is 690 g/mol. The number of hydrogen-bond donors (Lipinski definition) is 1. The Morgan fingerprint density at radius 1 is 0.686 bits per heavy atom.